The molecule has 7 nitrogen and oxygen atoms in total. The number of aryl methyl sites for hydroxylation is 2. The highest BCUT2D eigenvalue weighted by atomic mass is 35.5. The van der Waals surface area contributed by atoms with Gasteiger partial charge in [-0.1, -0.05) is 25.4 Å². The van der Waals surface area contributed by atoms with Gasteiger partial charge in [0.1, 0.15) is 22.2 Å². The van der Waals surface area contributed by atoms with Crippen LogP contribution in [-0.4, -0.2) is 31.1 Å². The summed E-state index contributed by atoms with van der Waals surface area (Å²) in [5, 5.41) is 25.4. The molecule has 0 unspecified atom stereocenters. The zero-order chi connectivity index (χ0) is 24.0. The van der Waals surface area contributed by atoms with Gasteiger partial charge in [-0.15, -0.1) is 11.3 Å². The lowest BCUT2D eigenvalue weighted by Gasteiger charge is -2.44. The van der Waals surface area contributed by atoms with E-state index in [1.54, 1.807) is 12.4 Å². The molecule has 0 saturated heterocycles. The topological polar surface area (TPSA) is 108 Å². The van der Waals surface area contributed by atoms with E-state index in [2.05, 4.69) is 15.3 Å². The Balaban J connectivity index is 1.59. The van der Waals surface area contributed by atoms with E-state index in [4.69, 9.17) is 16.6 Å². The Morgan fingerprint density at radius 1 is 1.18 bits per heavy atom. The quantitative estimate of drug-likeness (QED) is 0.423. The van der Waals surface area contributed by atoms with Crippen molar-refractivity contribution >= 4 is 40.5 Å². The molecule has 3 aromatic heterocycles. The van der Waals surface area contributed by atoms with Crippen LogP contribution in [0.1, 0.15) is 49.2 Å². The Hall–Kier alpha value is -2.55. The van der Waals surface area contributed by atoms with Crippen LogP contribution in [0.5, 0.6) is 0 Å². The van der Waals surface area contributed by atoms with Crippen LogP contribution >= 0.6 is 22.9 Å². The van der Waals surface area contributed by atoms with Gasteiger partial charge >= 0.3 is 5.97 Å². The number of aliphatic hydroxyl groups is 1. The second kappa shape index (κ2) is 8.66. The molecule has 1 fully saturated rings. The van der Waals surface area contributed by atoms with Gasteiger partial charge in [-0.25, -0.2) is 15.0 Å². The average Bonchev–Trinajstić information content (AvgIpc) is 3.20. The number of hydrogen-bond donors (Lipinski definition) is 3. The summed E-state index contributed by atoms with van der Waals surface area (Å²) in [6.07, 6.45) is 4.46. The first-order valence-corrected chi connectivity index (χ1v) is 12.0. The fourth-order valence-corrected chi connectivity index (χ4v) is 5.68. The Morgan fingerprint density at radius 2 is 1.94 bits per heavy atom. The molecule has 0 spiro atoms. The Morgan fingerprint density at radius 3 is 2.61 bits per heavy atom. The minimum Gasteiger partial charge on any atom is -0.481 e. The number of hydrogen-bond acceptors (Lipinski definition) is 7. The van der Waals surface area contributed by atoms with Crippen molar-refractivity contribution in [1.29, 1.82) is 0 Å². The van der Waals surface area contributed by atoms with Crippen LogP contribution in [0, 0.1) is 25.2 Å². The van der Waals surface area contributed by atoms with E-state index in [9.17, 15) is 15.0 Å². The van der Waals surface area contributed by atoms with Crippen LogP contribution in [0.15, 0.2) is 30.6 Å². The molecule has 33 heavy (non-hydrogen) atoms. The number of aromatic nitrogens is 3. The minimum absolute atomic E-state index is 0.347. The summed E-state index contributed by atoms with van der Waals surface area (Å²) < 4.78 is 0. The van der Waals surface area contributed by atoms with Crippen LogP contribution in [0.25, 0.3) is 10.6 Å². The lowest BCUT2D eigenvalue weighted by atomic mass is 9.63. The number of thiazole rings is 1. The van der Waals surface area contributed by atoms with Crippen molar-refractivity contribution in [3.8, 4) is 10.6 Å². The first kappa shape index (κ1) is 23.6. The van der Waals surface area contributed by atoms with Crippen molar-refractivity contribution in [2.75, 3.05) is 5.32 Å². The van der Waals surface area contributed by atoms with E-state index < -0.39 is 22.9 Å². The van der Waals surface area contributed by atoms with Crippen LogP contribution in [0.2, 0.25) is 5.02 Å². The number of carboxylic acid groups (broad SMARTS) is 1. The number of nitrogens with one attached hydrogen (secondary N) is 1. The minimum atomic E-state index is -1.14. The lowest BCUT2D eigenvalue weighted by molar-refractivity contribution is -0.154. The molecule has 0 bridgehead atoms. The smallest absolute Gasteiger partial charge is 0.307 e. The van der Waals surface area contributed by atoms with Crippen molar-refractivity contribution in [2.45, 2.75) is 52.6 Å². The summed E-state index contributed by atoms with van der Waals surface area (Å²) >= 11 is 7.47. The van der Waals surface area contributed by atoms with Crippen molar-refractivity contribution in [3.63, 3.8) is 0 Å². The molecule has 0 aromatic carbocycles. The molecule has 174 valence electrons. The molecule has 4 rings (SSSR count). The number of halogens is 1. The van der Waals surface area contributed by atoms with Gasteiger partial charge < -0.3 is 15.5 Å². The second-order valence-electron chi connectivity index (χ2n) is 9.51. The largest absolute Gasteiger partial charge is 0.481 e. The van der Waals surface area contributed by atoms with Gasteiger partial charge in [0.25, 0.3) is 0 Å². The predicted octanol–water partition coefficient (Wildman–Crippen LogP) is 5.71. The SMILES string of the molecule is Cc1cc(Nc2cc(C)c(Cl)cn2)nc(-c2cnc([C@]3(O)CC[C@@H](C(=O)O)C(C)(C)C3)s2)c1. The number of carbonyl (C=O) groups is 1. The highest BCUT2D eigenvalue weighted by molar-refractivity contribution is 7.15. The van der Waals surface area contributed by atoms with Crippen molar-refractivity contribution in [2.24, 2.45) is 11.3 Å². The van der Waals surface area contributed by atoms with Gasteiger partial charge in [0.2, 0.25) is 0 Å². The van der Waals surface area contributed by atoms with Crippen molar-refractivity contribution in [3.05, 3.63) is 51.7 Å². The van der Waals surface area contributed by atoms with E-state index in [1.165, 1.54) is 11.3 Å². The number of nitrogens with zero attached hydrogens (tertiary/aromatic N) is 3. The molecular weight excluding hydrogens is 460 g/mol. The molecule has 9 heteroatoms. The summed E-state index contributed by atoms with van der Waals surface area (Å²) in [4.78, 5) is 26.0. The van der Waals surface area contributed by atoms with E-state index in [-0.39, 0.29) is 0 Å². The first-order chi connectivity index (χ1) is 15.5. The summed E-state index contributed by atoms with van der Waals surface area (Å²) in [5.41, 5.74) is 1.00. The molecule has 0 aliphatic heterocycles. The monoisotopic (exact) mass is 486 g/mol. The molecule has 2 atom stereocenters. The molecule has 3 heterocycles. The number of rotatable bonds is 5. The fraction of sp³-hybridized carbons (Fsp3) is 0.417. The third-order valence-electron chi connectivity index (χ3n) is 6.27. The third kappa shape index (κ3) is 4.88. The Kier molecular flexibility index (Phi) is 6.20. The maximum atomic E-state index is 11.6. The van der Waals surface area contributed by atoms with Gasteiger partial charge in [0, 0.05) is 12.4 Å². The van der Waals surface area contributed by atoms with E-state index in [1.807, 2.05) is 45.9 Å². The normalized spacial score (nSPS) is 22.2. The molecule has 3 aromatic rings. The van der Waals surface area contributed by atoms with Gasteiger partial charge in [-0.05, 0) is 67.9 Å². The molecule has 3 N–H and O–H groups in total. The summed E-state index contributed by atoms with van der Waals surface area (Å²) in [6, 6.07) is 5.76. The average molecular weight is 487 g/mol. The summed E-state index contributed by atoms with van der Waals surface area (Å²) in [7, 11) is 0. The molecule has 0 amide bonds. The number of aliphatic carboxylic acids is 1. The summed E-state index contributed by atoms with van der Waals surface area (Å²) in [6.45, 7) is 7.70. The fourth-order valence-electron chi connectivity index (χ4n) is 4.58. The van der Waals surface area contributed by atoms with Crippen LogP contribution in [0.4, 0.5) is 11.6 Å². The molecule has 1 aliphatic rings. The van der Waals surface area contributed by atoms with Gasteiger partial charge in [0.15, 0.2) is 0 Å². The number of pyridine rings is 2. The molecule has 1 aliphatic carbocycles. The lowest BCUT2D eigenvalue weighted by Crippen LogP contribution is -2.44. The third-order valence-corrected chi connectivity index (χ3v) is 7.87. The highest BCUT2D eigenvalue weighted by Crippen LogP contribution is 2.50. The zero-order valence-corrected chi connectivity index (χ0v) is 20.6. The summed E-state index contributed by atoms with van der Waals surface area (Å²) in [5.74, 6) is 0.0132. The van der Waals surface area contributed by atoms with Crippen molar-refractivity contribution < 1.29 is 15.0 Å². The van der Waals surface area contributed by atoms with E-state index >= 15 is 0 Å². The molecular formula is C24H27ClN4O3S. The zero-order valence-electron chi connectivity index (χ0n) is 19.0. The van der Waals surface area contributed by atoms with Crippen molar-refractivity contribution in [1.82, 2.24) is 15.0 Å². The Labute approximate surface area is 201 Å². The van der Waals surface area contributed by atoms with Crippen LogP contribution in [-0.2, 0) is 10.4 Å². The van der Waals surface area contributed by atoms with Crippen LogP contribution < -0.4 is 5.32 Å². The van der Waals surface area contributed by atoms with Crippen LogP contribution in [0.3, 0.4) is 0 Å². The first-order valence-electron chi connectivity index (χ1n) is 10.8. The van der Waals surface area contributed by atoms with Gasteiger partial charge in [0.05, 0.1) is 21.5 Å². The highest BCUT2D eigenvalue weighted by Gasteiger charge is 2.49. The standard InChI is InChI=1S/C24H27ClN4O3S/c1-13-7-17(28-20(8-13)29-19-9-14(2)16(25)10-26-19)18-11-27-22(33-18)24(32)6-5-15(21(30)31)23(3,4)12-24/h7-11,15,32H,5-6,12H2,1-4H3,(H,30,31)(H,26,28,29)/t15-,24-/m0/s1. The molecule has 0 radical (unpaired) electrons. The predicted molar refractivity (Wildman–Crippen MR) is 130 cm³/mol. The molecule has 1 saturated carbocycles. The second-order valence-corrected chi connectivity index (χ2v) is 11.0. The number of carboxylic acids is 1. The van der Waals surface area contributed by atoms with E-state index in [0.29, 0.717) is 40.9 Å². The number of anilines is 2. The van der Waals surface area contributed by atoms with Gasteiger partial charge in [-0.2, -0.15) is 0 Å². The maximum Gasteiger partial charge on any atom is 0.307 e. The van der Waals surface area contributed by atoms with Gasteiger partial charge in [-0.3, -0.25) is 4.79 Å². The van der Waals surface area contributed by atoms with E-state index in [0.717, 1.165) is 21.7 Å². The Bertz CT molecular complexity index is 1210. The maximum absolute atomic E-state index is 11.6.